The van der Waals surface area contributed by atoms with Crippen LogP contribution in [0.2, 0.25) is 0 Å². The molecule has 1 spiro atoms. The molecule has 0 radical (unpaired) electrons. The highest BCUT2D eigenvalue weighted by Gasteiger charge is 2.72. The van der Waals surface area contributed by atoms with E-state index in [9.17, 15) is 28.2 Å². The number of rotatable bonds is 4. The Labute approximate surface area is 225 Å². The fourth-order valence-electron chi connectivity index (χ4n) is 8.25. The summed E-state index contributed by atoms with van der Waals surface area (Å²) in [5.41, 5.74) is -0.524. The molecule has 0 aromatic heterocycles. The number of hydrogen-bond acceptors (Lipinski definition) is 5. The second kappa shape index (κ2) is 8.36. The van der Waals surface area contributed by atoms with E-state index < -0.39 is 40.8 Å². The van der Waals surface area contributed by atoms with Crippen molar-refractivity contribution in [1.29, 1.82) is 0 Å². The molecule has 3 aliphatic carbocycles. The molecule has 2 aromatic carbocycles. The first-order valence-electron chi connectivity index (χ1n) is 14.0. The second-order valence-electron chi connectivity index (χ2n) is 12.2. The van der Waals surface area contributed by atoms with Crippen molar-refractivity contribution in [3.63, 3.8) is 0 Å². The lowest BCUT2D eigenvalue weighted by Crippen LogP contribution is -2.76. The second-order valence-corrected chi connectivity index (χ2v) is 12.2. The number of likely N-dealkylation sites (tertiary alicyclic amines) is 1. The number of aliphatic hydroxyl groups is 1. The fraction of sp³-hybridized carbons (Fsp3) is 0.567. The SMILES string of the molecule is CN(C(=O)c1ccc(C(F)(F)F)cc1)[C@@H]1CC[C@@]2(O)[C@H]3CCc4ccc(O)c5c4[C@@]2(CCN3CC2CC2)[C@H]1O5. The van der Waals surface area contributed by atoms with Gasteiger partial charge in [0.05, 0.1) is 22.6 Å². The van der Waals surface area contributed by atoms with E-state index in [0.717, 1.165) is 49.2 Å². The number of phenolic OH excluding ortho intramolecular Hbond substituents is 1. The van der Waals surface area contributed by atoms with Crippen molar-refractivity contribution in [2.45, 2.75) is 80.3 Å². The highest BCUT2D eigenvalue weighted by Crippen LogP contribution is 2.65. The van der Waals surface area contributed by atoms with Crippen LogP contribution in [-0.4, -0.2) is 69.8 Å². The number of piperidine rings is 1. The van der Waals surface area contributed by atoms with Gasteiger partial charge in [0.25, 0.3) is 5.91 Å². The molecule has 2 aliphatic heterocycles. The molecule has 6 nitrogen and oxygen atoms in total. The third-order valence-electron chi connectivity index (χ3n) is 10.3. The van der Waals surface area contributed by atoms with Gasteiger partial charge in [-0.3, -0.25) is 9.69 Å². The molecule has 2 aromatic rings. The summed E-state index contributed by atoms with van der Waals surface area (Å²) in [6, 6.07) is 7.42. The number of aromatic hydroxyl groups is 1. The molecular formula is C30H33F3N2O4. The molecule has 7 rings (SSSR count). The number of amides is 1. The maximum Gasteiger partial charge on any atom is 0.416 e. The minimum Gasteiger partial charge on any atom is -0.504 e. The van der Waals surface area contributed by atoms with E-state index in [2.05, 4.69) is 4.90 Å². The van der Waals surface area contributed by atoms with Crippen LogP contribution < -0.4 is 4.74 Å². The van der Waals surface area contributed by atoms with Crippen LogP contribution in [0.5, 0.6) is 11.5 Å². The smallest absolute Gasteiger partial charge is 0.416 e. The van der Waals surface area contributed by atoms with Crippen molar-refractivity contribution < 1.29 is 32.9 Å². The summed E-state index contributed by atoms with van der Waals surface area (Å²) < 4.78 is 45.8. The van der Waals surface area contributed by atoms with E-state index in [-0.39, 0.29) is 17.4 Å². The Hall–Kier alpha value is -2.78. The number of carbonyl (C=O) groups excluding carboxylic acids is 1. The Balaban J connectivity index is 1.28. The molecule has 1 amide bonds. The van der Waals surface area contributed by atoms with E-state index in [1.165, 1.54) is 25.0 Å². The van der Waals surface area contributed by atoms with Crippen molar-refractivity contribution >= 4 is 5.91 Å². The summed E-state index contributed by atoms with van der Waals surface area (Å²) in [6.45, 7) is 1.79. The largest absolute Gasteiger partial charge is 0.504 e. The molecule has 9 heteroatoms. The minimum absolute atomic E-state index is 0.0363. The van der Waals surface area contributed by atoms with Crippen molar-refractivity contribution in [2.24, 2.45) is 5.92 Å². The van der Waals surface area contributed by atoms with Crippen molar-refractivity contribution in [1.82, 2.24) is 9.80 Å². The first-order chi connectivity index (χ1) is 18.5. The number of nitrogens with zero attached hydrogens (tertiary/aromatic N) is 2. The average molecular weight is 543 g/mol. The molecule has 2 bridgehead atoms. The van der Waals surface area contributed by atoms with E-state index in [4.69, 9.17) is 4.74 Å². The van der Waals surface area contributed by atoms with Crippen LogP contribution in [-0.2, 0) is 18.0 Å². The van der Waals surface area contributed by atoms with Crippen LogP contribution in [0.3, 0.4) is 0 Å². The van der Waals surface area contributed by atoms with E-state index in [1.54, 1.807) is 18.0 Å². The van der Waals surface area contributed by atoms with Crippen LogP contribution in [0, 0.1) is 5.92 Å². The highest BCUT2D eigenvalue weighted by molar-refractivity contribution is 5.94. The summed E-state index contributed by atoms with van der Waals surface area (Å²) in [4.78, 5) is 17.6. The first kappa shape index (κ1) is 25.2. The van der Waals surface area contributed by atoms with Crippen LogP contribution in [0.25, 0.3) is 0 Å². The molecule has 39 heavy (non-hydrogen) atoms. The lowest BCUT2D eigenvalue weighted by molar-refractivity contribution is -0.191. The van der Waals surface area contributed by atoms with Gasteiger partial charge in [-0.15, -0.1) is 0 Å². The molecule has 2 N–H and O–H groups in total. The third kappa shape index (κ3) is 3.51. The van der Waals surface area contributed by atoms with E-state index >= 15 is 0 Å². The van der Waals surface area contributed by atoms with Gasteiger partial charge in [-0.05, 0) is 93.3 Å². The first-order valence-corrected chi connectivity index (χ1v) is 14.0. The van der Waals surface area contributed by atoms with Gasteiger partial charge in [0.15, 0.2) is 11.5 Å². The maximum atomic E-state index is 13.6. The quantitative estimate of drug-likeness (QED) is 0.595. The lowest BCUT2D eigenvalue weighted by atomic mass is 9.52. The average Bonchev–Trinajstić information content (AvgIpc) is 3.65. The number of aryl methyl sites for hydroxylation is 1. The molecule has 5 aliphatic rings. The Morgan fingerprint density at radius 1 is 1.10 bits per heavy atom. The predicted octanol–water partition coefficient (Wildman–Crippen LogP) is 4.51. The van der Waals surface area contributed by atoms with E-state index in [0.29, 0.717) is 30.9 Å². The van der Waals surface area contributed by atoms with Crippen molar-refractivity contribution in [2.75, 3.05) is 20.1 Å². The van der Waals surface area contributed by atoms with Gasteiger partial charge in [-0.25, -0.2) is 0 Å². The van der Waals surface area contributed by atoms with Crippen LogP contribution >= 0.6 is 0 Å². The molecule has 0 unspecified atom stereocenters. The summed E-state index contributed by atoms with van der Waals surface area (Å²) in [5.74, 6) is 0.743. The minimum atomic E-state index is -4.48. The summed E-state index contributed by atoms with van der Waals surface area (Å²) in [7, 11) is 1.66. The van der Waals surface area contributed by atoms with Crippen molar-refractivity contribution in [3.05, 3.63) is 58.7 Å². The molecule has 3 fully saturated rings. The summed E-state index contributed by atoms with van der Waals surface area (Å²) >= 11 is 0. The molecule has 1 saturated heterocycles. The van der Waals surface area contributed by atoms with Crippen LogP contribution in [0.4, 0.5) is 13.2 Å². The normalized spacial score (nSPS) is 33.2. The number of hydrogen-bond donors (Lipinski definition) is 2. The van der Waals surface area contributed by atoms with Gasteiger partial charge in [0.2, 0.25) is 0 Å². The zero-order chi connectivity index (χ0) is 27.3. The summed E-state index contributed by atoms with van der Waals surface area (Å²) in [5, 5.41) is 23.6. The Kier molecular flexibility index (Phi) is 5.41. The molecule has 2 saturated carbocycles. The summed E-state index contributed by atoms with van der Waals surface area (Å²) in [6.07, 6.45) is 0.621. The monoisotopic (exact) mass is 542 g/mol. The Morgan fingerprint density at radius 3 is 2.54 bits per heavy atom. The number of likely N-dealkylation sites (N-methyl/N-ethyl adjacent to an activating group) is 1. The Morgan fingerprint density at radius 2 is 1.85 bits per heavy atom. The number of alkyl halides is 3. The number of phenols is 1. The number of carbonyl (C=O) groups is 1. The van der Waals surface area contributed by atoms with Gasteiger partial charge in [0.1, 0.15) is 6.10 Å². The number of halogens is 3. The van der Waals surface area contributed by atoms with Crippen LogP contribution in [0.15, 0.2) is 36.4 Å². The number of ether oxygens (including phenoxy) is 1. The van der Waals surface area contributed by atoms with Crippen LogP contribution in [0.1, 0.15) is 65.6 Å². The molecular weight excluding hydrogens is 509 g/mol. The van der Waals surface area contributed by atoms with Gasteiger partial charge in [0, 0.05) is 30.8 Å². The van der Waals surface area contributed by atoms with E-state index in [1.807, 2.05) is 6.07 Å². The lowest BCUT2D eigenvalue weighted by Gasteiger charge is -2.62. The van der Waals surface area contributed by atoms with Gasteiger partial charge < -0.3 is 19.8 Å². The molecule has 208 valence electrons. The molecule has 5 atom stereocenters. The Bertz CT molecular complexity index is 1330. The molecule has 2 heterocycles. The fourth-order valence-corrected chi connectivity index (χ4v) is 8.25. The standard InChI is InChI=1S/C30H33F3N2O4/c1-34(27(37)19-4-8-20(9-5-19)30(31,32)33)21-12-13-29(38)23-11-7-18-6-10-22(36)25-24(18)28(29,26(21)39-25)14-15-35(23)16-17-2-3-17/h4-6,8-10,17,21,23,26,36,38H,2-3,7,11-16H2,1H3/t21-,23-,26+,28+,29-/m1/s1. The third-order valence-corrected chi connectivity index (χ3v) is 10.3. The zero-order valence-corrected chi connectivity index (χ0v) is 21.9. The van der Waals surface area contributed by atoms with Gasteiger partial charge in [-0.1, -0.05) is 6.07 Å². The van der Waals surface area contributed by atoms with Gasteiger partial charge >= 0.3 is 6.18 Å². The maximum absolute atomic E-state index is 13.6. The number of benzene rings is 2. The van der Waals surface area contributed by atoms with Gasteiger partial charge in [-0.2, -0.15) is 13.2 Å². The highest BCUT2D eigenvalue weighted by atomic mass is 19.4. The zero-order valence-electron chi connectivity index (χ0n) is 21.9. The topological polar surface area (TPSA) is 73.2 Å². The predicted molar refractivity (Wildman–Crippen MR) is 137 cm³/mol. The van der Waals surface area contributed by atoms with Crippen molar-refractivity contribution in [3.8, 4) is 11.5 Å².